The van der Waals surface area contributed by atoms with Gasteiger partial charge in [0.2, 0.25) is 5.83 Å². The molecule has 0 aliphatic rings. The maximum atomic E-state index is 11.7. The van der Waals surface area contributed by atoms with Crippen LogP contribution in [0.3, 0.4) is 0 Å². The summed E-state index contributed by atoms with van der Waals surface area (Å²) in [6.07, 6.45) is 0. The first-order chi connectivity index (χ1) is 4.18. The molecule has 4 heteroatoms. The van der Waals surface area contributed by atoms with E-state index in [2.05, 4.69) is 11.3 Å². The Hall–Kier alpha value is -0.570. The summed E-state index contributed by atoms with van der Waals surface area (Å²) in [5.41, 5.74) is 0. The van der Waals surface area contributed by atoms with Crippen LogP contribution in [0.15, 0.2) is 12.4 Å². The minimum Gasteiger partial charge on any atom is -0.459 e. The van der Waals surface area contributed by atoms with Crippen molar-refractivity contribution in [2.24, 2.45) is 0 Å². The maximum absolute atomic E-state index is 11.7. The number of carbonyl (C=O) groups is 1. The number of alkyl halides is 1. The van der Waals surface area contributed by atoms with E-state index in [-0.39, 0.29) is 12.5 Å². The molecule has 0 aliphatic heterocycles. The van der Waals surface area contributed by atoms with Crippen molar-refractivity contribution in [3.05, 3.63) is 12.4 Å². The number of hydrogen-bond acceptors (Lipinski definition) is 2. The summed E-state index contributed by atoms with van der Waals surface area (Å²) in [6.45, 7) is 2.74. The third kappa shape index (κ3) is 3.97. The summed E-state index contributed by atoms with van der Waals surface area (Å²) >= 11 is 5.12. The van der Waals surface area contributed by atoms with Gasteiger partial charge >= 0.3 is 5.97 Å². The van der Waals surface area contributed by atoms with Crippen molar-refractivity contribution in [3.63, 3.8) is 0 Å². The van der Waals surface area contributed by atoms with Crippen molar-refractivity contribution in [2.75, 3.05) is 12.5 Å². The highest BCUT2D eigenvalue weighted by molar-refractivity contribution is 6.18. The lowest BCUT2D eigenvalue weighted by Gasteiger charge is -1.96. The van der Waals surface area contributed by atoms with Gasteiger partial charge in [-0.25, -0.2) is 4.79 Å². The summed E-state index contributed by atoms with van der Waals surface area (Å²) in [4.78, 5) is 10.1. The fourth-order valence-electron chi connectivity index (χ4n) is 0.210. The number of esters is 1. The highest BCUT2D eigenvalue weighted by atomic mass is 35.5. The van der Waals surface area contributed by atoms with Crippen LogP contribution in [0.4, 0.5) is 4.39 Å². The smallest absolute Gasteiger partial charge is 0.366 e. The van der Waals surface area contributed by atoms with Gasteiger partial charge in [-0.15, -0.1) is 11.6 Å². The van der Waals surface area contributed by atoms with Crippen LogP contribution >= 0.6 is 11.6 Å². The molecule has 0 bridgehead atoms. The van der Waals surface area contributed by atoms with Crippen LogP contribution in [0.5, 0.6) is 0 Å². The zero-order chi connectivity index (χ0) is 7.28. The Kier molecular flexibility index (Phi) is 4.05. The van der Waals surface area contributed by atoms with E-state index in [9.17, 15) is 9.18 Å². The van der Waals surface area contributed by atoms with E-state index < -0.39 is 11.8 Å². The standard InChI is InChI=1S/C5H6ClFO2/c1-4(7)5(8)9-3-2-6/h1-3H2. The fraction of sp³-hybridized carbons (Fsp3) is 0.400. The molecule has 9 heavy (non-hydrogen) atoms. The molecule has 0 spiro atoms. The fourth-order valence-corrected chi connectivity index (χ4v) is 0.287. The molecule has 0 fully saturated rings. The van der Waals surface area contributed by atoms with Crippen LogP contribution in [0.25, 0.3) is 0 Å². The van der Waals surface area contributed by atoms with Crippen LogP contribution in [0, 0.1) is 0 Å². The summed E-state index contributed by atoms with van der Waals surface area (Å²) in [7, 11) is 0. The van der Waals surface area contributed by atoms with Gasteiger partial charge in [0.25, 0.3) is 0 Å². The van der Waals surface area contributed by atoms with E-state index in [0.29, 0.717) is 0 Å². The molecule has 0 atom stereocenters. The Morgan fingerprint density at radius 2 is 2.33 bits per heavy atom. The number of rotatable bonds is 3. The van der Waals surface area contributed by atoms with Crippen molar-refractivity contribution >= 4 is 17.6 Å². The minimum atomic E-state index is -1.10. The average Bonchev–Trinajstić information content (AvgIpc) is 1.82. The van der Waals surface area contributed by atoms with Crippen LogP contribution in [0.2, 0.25) is 0 Å². The molecule has 0 unspecified atom stereocenters. The van der Waals surface area contributed by atoms with Gasteiger partial charge in [-0.1, -0.05) is 6.58 Å². The maximum Gasteiger partial charge on any atom is 0.366 e. The molecule has 0 aromatic carbocycles. The Balaban J connectivity index is 3.39. The van der Waals surface area contributed by atoms with Crippen molar-refractivity contribution in [1.29, 1.82) is 0 Å². The first-order valence-electron chi connectivity index (χ1n) is 2.26. The van der Waals surface area contributed by atoms with E-state index in [4.69, 9.17) is 11.6 Å². The molecular weight excluding hydrogens is 147 g/mol. The number of halogens is 2. The van der Waals surface area contributed by atoms with E-state index in [1.807, 2.05) is 0 Å². The lowest BCUT2D eigenvalue weighted by atomic mass is 10.6. The molecule has 0 amide bonds. The first kappa shape index (κ1) is 8.43. The zero-order valence-corrected chi connectivity index (χ0v) is 5.45. The molecule has 0 aromatic rings. The topological polar surface area (TPSA) is 26.3 Å². The molecular formula is C5H6ClFO2. The predicted molar refractivity (Wildman–Crippen MR) is 31.9 cm³/mol. The number of carbonyl (C=O) groups excluding carboxylic acids is 1. The van der Waals surface area contributed by atoms with Gasteiger partial charge in [0.15, 0.2) is 0 Å². The van der Waals surface area contributed by atoms with Crippen LogP contribution in [-0.4, -0.2) is 18.5 Å². The molecule has 0 heterocycles. The molecule has 0 aromatic heterocycles. The molecule has 0 rings (SSSR count). The van der Waals surface area contributed by atoms with E-state index in [1.54, 1.807) is 0 Å². The summed E-state index contributed by atoms with van der Waals surface area (Å²) in [5, 5.41) is 0. The molecule has 2 nitrogen and oxygen atoms in total. The van der Waals surface area contributed by atoms with Crippen LogP contribution in [-0.2, 0) is 9.53 Å². The summed E-state index contributed by atoms with van der Waals surface area (Å²) in [5.74, 6) is -1.98. The van der Waals surface area contributed by atoms with Gasteiger partial charge in [0.1, 0.15) is 6.61 Å². The van der Waals surface area contributed by atoms with Gasteiger partial charge in [-0.2, -0.15) is 4.39 Å². The van der Waals surface area contributed by atoms with Crippen molar-refractivity contribution in [1.82, 2.24) is 0 Å². The van der Waals surface area contributed by atoms with Crippen molar-refractivity contribution in [3.8, 4) is 0 Å². The van der Waals surface area contributed by atoms with Crippen LogP contribution < -0.4 is 0 Å². The van der Waals surface area contributed by atoms with E-state index >= 15 is 0 Å². The molecule has 52 valence electrons. The van der Waals surface area contributed by atoms with Crippen molar-refractivity contribution < 1.29 is 13.9 Å². The lowest BCUT2D eigenvalue weighted by Crippen LogP contribution is -2.05. The summed E-state index contributed by atoms with van der Waals surface area (Å²) < 4.78 is 15.9. The SMILES string of the molecule is C=C(F)C(=O)OCCCl. The number of ether oxygens (including phenoxy) is 1. The Morgan fingerprint density at radius 1 is 1.78 bits per heavy atom. The van der Waals surface area contributed by atoms with Gasteiger partial charge in [-0.05, 0) is 0 Å². The second-order valence-corrected chi connectivity index (χ2v) is 1.61. The number of hydrogen-bond donors (Lipinski definition) is 0. The van der Waals surface area contributed by atoms with Gasteiger partial charge in [-0.3, -0.25) is 0 Å². The van der Waals surface area contributed by atoms with Gasteiger partial charge < -0.3 is 4.74 Å². The second-order valence-electron chi connectivity index (χ2n) is 1.23. The average molecular weight is 153 g/mol. The zero-order valence-electron chi connectivity index (χ0n) is 4.69. The third-order valence-corrected chi connectivity index (χ3v) is 0.686. The monoisotopic (exact) mass is 152 g/mol. The van der Waals surface area contributed by atoms with E-state index in [0.717, 1.165) is 0 Å². The second kappa shape index (κ2) is 4.32. The predicted octanol–water partition coefficient (Wildman–Crippen LogP) is 1.25. The largest absolute Gasteiger partial charge is 0.459 e. The lowest BCUT2D eigenvalue weighted by molar-refractivity contribution is -0.140. The van der Waals surface area contributed by atoms with Gasteiger partial charge in [0.05, 0.1) is 5.88 Å². The van der Waals surface area contributed by atoms with Crippen molar-refractivity contribution in [2.45, 2.75) is 0 Å². The molecule has 0 radical (unpaired) electrons. The Morgan fingerprint density at radius 3 is 2.67 bits per heavy atom. The first-order valence-corrected chi connectivity index (χ1v) is 2.79. The van der Waals surface area contributed by atoms with Crippen LogP contribution in [0.1, 0.15) is 0 Å². The van der Waals surface area contributed by atoms with E-state index in [1.165, 1.54) is 0 Å². The third-order valence-electron chi connectivity index (χ3n) is 0.532. The normalized spacial score (nSPS) is 8.67. The minimum absolute atomic E-state index is 0.0172. The molecule has 0 N–H and O–H groups in total. The molecule has 0 saturated heterocycles. The molecule has 0 aliphatic carbocycles. The summed E-state index contributed by atoms with van der Waals surface area (Å²) in [6, 6.07) is 0. The molecule has 0 saturated carbocycles. The Labute approximate surface area is 57.3 Å². The highest BCUT2D eigenvalue weighted by Gasteiger charge is 2.04. The Bertz CT molecular complexity index is 124. The van der Waals surface area contributed by atoms with Gasteiger partial charge in [0, 0.05) is 0 Å². The quantitative estimate of drug-likeness (QED) is 0.346. The highest BCUT2D eigenvalue weighted by Crippen LogP contribution is 1.94.